The smallest absolute Gasteiger partial charge is 0.195 e. The Labute approximate surface area is 153 Å². The molecule has 1 aromatic rings. The van der Waals surface area contributed by atoms with Crippen molar-refractivity contribution in [3.8, 4) is 11.5 Å². The second kappa shape index (κ2) is 11.3. The van der Waals surface area contributed by atoms with Gasteiger partial charge in [0, 0.05) is 6.61 Å². The zero-order valence-corrected chi connectivity index (χ0v) is 15.9. The summed E-state index contributed by atoms with van der Waals surface area (Å²) in [5, 5.41) is 0. The van der Waals surface area contributed by atoms with E-state index in [2.05, 4.69) is 0 Å². The molecule has 134 valence electrons. The van der Waals surface area contributed by atoms with Crippen LogP contribution in [0.4, 0.5) is 0 Å². The van der Waals surface area contributed by atoms with Gasteiger partial charge in [-0.05, 0) is 49.1 Å². The molecule has 0 aliphatic heterocycles. The molecule has 0 aliphatic rings. The number of rotatable bonds is 11. The Morgan fingerprint density at radius 1 is 1.17 bits per heavy atom. The molecule has 0 spiro atoms. The quantitative estimate of drug-likeness (QED) is 0.529. The third-order valence-corrected chi connectivity index (χ3v) is 3.49. The average Bonchev–Trinajstić information content (AvgIpc) is 2.53. The molecule has 0 atom stereocenters. The van der Waals surface area contributed by atoms with Gasteiger partial charge in [-0.25, -0.2) is 0 Å². The summed E-state index contributed by atoms with van der Waals surface area (Å²) in [6, 6.07) is 3.76. The first-order chi connectivity index (χ1) is 11.5. The van der Waals surface area contributed by atoms with Crippen molar-refractivity contribution >= 4 is 29.0 Å². The number of ketones is 1. The molecular weight excluding hydrogens is 351 g/mol. The predicted octanol–water partition coefficient (Wildman–Crippen LogP) is 4.63. The summed E-state index contributed by atoms with van der Waals surface area (Å²) in [5.74, 6) is 1.35. The Kier molecular flexibility index (Phi) is 9.84. The van der Waals surface area contributed by atoms with Crippen molar-refractivity contribution in [2.45, 2.75) is 33.6 Å². The van der Waals surface area contributed by atoms with Crippen LogP contribution in [0.5, 0.6) is 11.5 Å². The molecule has 0 unspecified atom stereocenters. The van der Waals surface area contributed by atoms with Crippen molar-refractivity contribution in [2.24, 2.45) is 0 Å². The molecule has 0 N–H and O–H groups in total. The van der Waals surface area contributed by atoms with E-state index in [9.17, 15) is 4.79 Å². The molecular formula is C18H24Cl2O4. The molecule has 0 radical (unpaired) electrons. The second-order valence-electron chi connectivity index (χ2n) is 5.27. The van der Waals surface area contributed by atoms with Gasteiger partial charge in [0.1, 0.15) is 35.8 Å². The molecule has 4 nitrogen and oxygen atoms in total. The fraction of sp³-hybridized carbons (Fsp3) is 0.500. The van der Waals surface area contributed by atoms with Crippen LogP contribution in [-0.4, -0.2) is 32.2 Å². The largest absolute Gasteiger partial charge is 0.489 e. The lowest BCUT2D eigenvalue weighted by Crippen LogP contribution is -2.18. The van der Waals surface area contributed by atoms with E-state index in [-0.39, 0.29) is 23.5 Å². The molecule has 1 rings (SSSR count). The van der Waals surface area contributed by atoms with Crippen LogP contribution in [0.1, 0.15) is 31.4 Å². The zero-order chi connectivity index (χ0) is 17.9. The van der Waals surface area contributed by atoms with Crippen LogP contribution >= 0.6 is 23.2 Å². The van der Waals surface area contributed by atoms with Gasteiger partial charge in [-0.2, -0.15) is 0 Å². The lowest BCUT2D eigenvalue weighted by atomic mass is 10.1. The predicted molar refractivity (Wildman–Crippen MR) is 97.5 cm³/mol. The second-order valence-corrected chi connectivity index (χ2v) is 6.27. The van der Waals surface area contributed by atoms with E-state index < -0.39 is 0 Å². The van der Waals surface area contributed by atoms with E-state index in [0.29, 0.717) is 19.0 Å². The first-order valence-electron chi connectivity index (χ1n) is 7.97. The van der Waals surface area contributed by atoms with Gasteiger partial charge < -0.3 is 14.2 Å². The highest BCUT2D eigenvalue weighted by atomic mass is 35.5. The van der Waals surface area contributed by atoms with Gasteiger partial charge in [-0.15, -0.1) is 0 Å². The highest BCUT2D eigenvalue weighted by Crippen LogP contribution is 2.29. The molecule has 0 fully saturated rings. The fourth-order valence-corrected chi connectivity index (χ4v) is 2.22. The number of halogens is 2. The molecule has 0 heterocycles. The third kappa shape index (κ3) is 7.56. The number of carbonyl (C=O) groups excluding carboxylic acids is 1. The average molecular weight is 375 g/mol. The topological polar surface area (TPSA) is 44.8 Å². The van der Waals surface area contributed by atoms with Gasteiger partial charge in [0.05, 0.1) is 0 Å². The molecule has 0 amide bonds. The Morgan fingerprint density at radius 2 is 1.92 bits per heavy atom. The number of ether oxygens (including phenoxy) is 3. The van der Waals surface area contributed by atoms with E-state index in [0.717, 1.165) is 29.7 Å². The summed E-state index contributed by atoms with van der Waals surface area (Å²) >= 11 is 11.1. The van der Waals surface area contributed by atoms with Crippen molar-refractivity contribution in [3.63, 3.8) is 0 Å². The highest BCUT2D eigenvalue weighted by Gasteiger charge is 2.11. The Bertz CT molecular complexity index is 566. The minimum atomic E-state index is -0.0767. The summed E-state index contributed by atoms with van der Waals surface area (Å²) in [5.41, 5.74) is 1.89. The van der Waals surface area contributed by atoms with Crippen LogP contribution < -0.4 is 9.47 Å². The van der Waals surface area contributed by atoms with Crippen molar-refractivity contribution in [1.82, 2.24) is 0 Å². The van der Waals surface area contributed by atoms with Crippen LogP contribution in [0.15, 0.2) is 22.7 Å². The molecule has 6 heteroatoms. The molecule has 0 bridgehead atoms. The van der Waals surface area contributed by atoms with Gasteiger partial charge >= 0.3 is 0 Å². The van der Waals surface area contributed by atoms with Crippen molar-refractivity contribution in [1.29, 1.82) is 0 Å². The maximum atomic E-state index is 11.8. The van der Waals surface area contributed by atoms with E-state index >= 15 is 0 Å². The Balaban J connectivity index is 2.70. The van der Waals surface area contributed by atoms with Gasteiger partial charge in [-0.1, -0.05) is 37.0 Å². The molecule has 1 aromatic carbocycles. The minimum Gasteiger partial charge on any atom is -0.489 e. The molecule has 0 saturated heterocycles. The van der Waals surface area contributed by atoms with Crippen LogP contribution in [-0.2, 0) is 16.0 Å². The van der Waals surface area contributed by atoms with E-state index in [1.807, 2.05) is 32.9 Å². The van der Waals surface area contributed by atoms with Crippen molar-refractivity contribution in [3.05, 3.63) is 33.8 Å². The van der Waals surface area contributed by atoms with E-state index in [1.54, 1.807) is 6.08 Å². The van der Waals surface area contributed by atoms with Crippen molar-refractivity contribution in [2.75, 3.05) is 26.4 Å². The number of carbonyl (C=O) groups is 1. The van der Waals surface area contributed by atoms with Crippen LogP contribution in [0, 0.1) is 6.92 Å². The third-order valence-electron chi connectivity index (χ3n) is 3.18. The number of hydrogen-bond acceptors (Lipinski definition) is 4. The zero-order valence-electron chi connectivity index (χ0n) is 14.4. The van der Waals surface area contributed by atoms with Crippen molar-refractivity contribution < 1.29 is 19.0 Å². The summed E-state index contributed by atoms with van der Waals surface area (Å²) < 4.78 is 16.7. The first kappa shape index (κ1) is 20.8. The maximum Gasteiger partial charge on any atom is 0.195 e. The van der Waals surface area contributed by atoms with Crippen LogP contribution in [0.3, 0.4) is 0 Å². The number of hydrogen-bond donors (Lipinski definition) is 0. The molecule has 0 saturated carbocycles. The number of aryl methyl sites for hydroxylation is 2. The standard InChI is InChI=1S/C18H24Cl2O4/c1-4-7-22-11-15(21)12-24-18-13(3)9-16(10-14(18)5-2)23-8-6-17(19)20/h6,9-10H,4-5,7-8,11-12H2,1-3H3. The minimum absolute atomic E-state index is 0.00233. The monoisotopic (exact) mass is 374 g/mol. The number of Topliss-reactive ketones (excluding diaryl/α,β-unsaturated/α-hetero) is 1. The fourth-order valence-electron chi connectivity index (χ4n) is 2.09. The van der Waals surface area contributed by atoms with Gasteiger partial charge in [0.15, 0.2) is 5.78 Å². The van der Waals surface area contributed by atoms with E-state index in [1.165, 1.54) is 0 Å². The molecule has 24 heavy (non-hydrogen) atoms. The Morgan fingerprint density at radius 3 is 2.54 bits per heavy atom. The molecule has 0 aromatic heterocycles. The summed E-state index contributed by atoms with van der Waals surface area (Å²) in [6.07, 6.45) is 3.22. The first-order valence-corrected chi connectivity index (χ1v) is 8.73. The normalized spacial score (nSPS) is 10.4. The number of benzene rings is 1. The highest BCUT2D eigenvalue weighted by molar-refractivity contribution is 6.55. The molecule has 0 aliphatic carbocycles. The lowest BCUT2D eigenvalue weighted by molar-refractivity contribution is -0.125. The SMILES string of the molecule is CCCOCC(=O)COc1c(C)cc(OCC=C(Cl)Cl)cc1CC. The van der Waals surface area contributed by atoms with Crippen LogP contribution in [0.2, 0.25) is 0 Å². The lowest BCUT2D eigenvalue weighted by Gasteiger charge is -2.15. The summed E-state index contributed by atoms with van der Waals surface area (Å²) in [4.78, 5) is 11.8. The van der Waals surface area contributed by atoms with Crippen LogP contribution in [0.25, 0.3) is 0 Å². The summed E-state index contributed by atoms with van der Waals surface area (Å²) in [6.45, 7) is 6.90. The van der Waals surface area contributed by atoms with Gasteiger partial charge in [0.2, 0.25) is 0 Å². The maximum absolute atomic E-state index is 11.8. The van der Waals surface area contributed by atoms with E-state index in [4.69, 9.17) is 37.4 Å². The Hall–Kier alpha value is -1.23. The van der Waals surface area contributed by atoms with Gasteiger partial charge in [0.25, 0.3) is 0 Å². The summed E-state index contributed by atoms with van der Waals surface area (Å²) in [7, 11) is 0. The van der Waals surface area contributed by atoms with Gasteiger partial charge in [-0.3, -0.25) is 4.79 Å².